The molecule has 6 heteroatoms. The molecular weight excluding hydrogens is 299 g/mol. The van der Waals surface area contributed by atoms with Crippen molar-refractivity contribution in [2.75, 3.05) is 13.1 Å². The van der Waals surface area contributed by atoms with Crippen LogP contribution < -0.4 is 0 Å². The number of carbonyl (C=O) groups is 1. The van der Waals surface area contributed by atoms with E-state index in [-0.39, 0.29) is 27.3 Å². The van der Waals surface area contributed by atoms with Gasteiger partial charge in [0.05, 0.1) is 21.8 Å². The molecule has 1 amide bonds. The number of ether oxygens (including phenoxy) is 1. The van der Waals surface area contributed by atoms with Gasteiger partial charge in [-0.25, -0.2) is 4.98 Å². The molecule has 0 aromatic carbocycles. The third-order valence-electron chi connectivity index (χ3n) is 3.03. The van der Waals surface area contributed by atoms with Crippen molar-refractivity contribution >= 4 is 29.1 Å². The Morgan fingerprint density at radius 3 is 2.30 bits per heavy atom. The molecule has 1 aromatic heterocycles. The van der Waals surface area contributed by atoms with Crippen LogP contribution in [0.3, 0.4) is 0 Å². The highest BCUT2D eigenvalue weighted by Crippen LogP contribution is 2.29. The normalized spacial score (nSPS) is 20.8. The van der Waals surface area contributed by atoms with Gasteiger partial charge in [0.2, 0.25) is 0 Å². The molecule has 0 radical (unpaired) electrons. The van der Waals surface area contributed by atoms with Crippen LogP contribution in [0, 0.1) is 0 Å². The SMILES string of the molecule is CC1(C)CN(C(=O)c2cnc(Cl)c(Cl)c2)CC(C)(C)O1. The van der Waals surface area contributed by atoms with E-state index in [4.69, 9.17) is 27.9 Å². The van der Waals surface area contributed by atoms with Gasteiger partial charge in [0, 0.05) is 19.3 Å². The zero-order valence-corrected chi connectivity index (χ0v) is 13.5. The lowest BCUT2D eigenvalue weighted by Gasteiger charge is -2.47. The second-order valence-corrected chi connectivity index (χ2v) is 7.04. The Kier molecular flexibility index (Phi) is 4.02. The maximum Gasteiger partial charge on any atom is 0.255 e. The lowest BCUT2D eigenvalue weighted by Crippen LogP contribution is -2.58. The summed E-state index contributed by atoms with van der Waals surface area (Å²) >= 11 is 11.7. The van der Waals surface area contributed by atoms with E-state index in [9.17, 15) is 4.79 Å². The van der Waals surface area contributed by atoms with Gasteiger partial charge in [0.25, 0.3) is 5.91 Å². The average molecular weight is 317 g/mol. The lowest BCUT2D eigenvalue weighted by atomic mass is 9.98. The first-order valence-corrected chi connectivity index (χ1v) is 7.16. The summed E-state index contributed by atoms with van der Waals surface area (Å²) in [5, 5.41) is 0.482. The van der Waals surface area contributed by atoms with Crippen LogP contribution in [0.2, 0.25) is 10.2 Å². The largest absolute Gasteiger partial charge is 0.366 e. The van der Waals surface area contributed by atoms with E-state index in [0.29, 0.717) is 18.7 Å². The molecule has 2 heterocycles. The first kappa shape index (κ1) is 15.5. The number of hydrogen-bond donors (Lipinski definition) is 0. The summed E-state index contributed by atoms with van der Waals surface area (Å²) in [4.78, 5) is 18.3. The maximum atomic E-state index is 12.6. The fourth-order valence-electron chi connectivity index (χ4n) is 2.65. The van der Waals surface area contributed by atoms with Gasteiger partial charge in [-0.05, 0) is 33.8 Å². The lowest BCUT2D eigenvalue weighted by molar-refractivity contribution is -0.171. The molecule has 2 rings (SSSR count). The number of pyridine rings is 1. The quantitative estimate of drug-likeness (QED) is 0.745. The Hall–Kier alpha value is -0.840. The molecule has 0 unspecified atom stereocenters. The third kappa shape index (κ3) is 3.43. The number of carbonyl (C=O) groups excluding carboxylic acids is 1. The molecule has 110 valence electrons. The van der Waals surface area contributed by atoms with E-state index in [2.05, 4.69) is 4.98 Å². The molecule has 0 N–H and O–H groups in total. The van der Waals surface area contributed by atoms with Crippen molar-refractivity contribution in [3.8, 4) is 0 Å². The zero-order chi connectivity index (χ0) is 15.1. The van der Waals surface area contributed by atoms with Crippen LogP contribution in [-0.4, -0.2) is 40.1 Å². The van der Waals surface area contributed by atoms with Crippen molar-refractivity contribution in [1.29, 1.82) is 0 Å². The van der Waals surface area contributed by atoms with Crippen molar-refractivity contribution in [2.45, 2.75) is 38.9 Å². The van der Waals surface area contributed by atoms with Crippen molar-refractivity contribution in [3.63, 3.8) is 0 Å². The molecule has 0 saturated carbocycles. The van der Waals surface area contributed by atoms with Crippen LogP contribution in [0.25, 0.3) is 0 Å². The topological polar surface area (TPSA) is 42.4 Å². The highest BCUT2D eigenvalue weighted by molar-refractivity contribution is 6.41. The standard InChI is InChI=1S/C14H18Cl2N2O2/c1-13(2)7-18(8-14(3,4)20-13)12(19)9-5-10(15)11(16)17-6-9/h5-6H,7-8H2,1-4H3. The summed E-state index contributed by atoms with van der Waals surface area (Å²) in [6.45, 7) is 8.94. The van der Waals surface area contributed by atoms with E-state index < -0.39 is 0 Å². The molecule has 0 spiro atoms. The number of morpholine rings is 1. The Labute approximate surface area is 129 Å². The summed E-state index contributed by atoms with van der Waals surface area (Å²) in [6.07, 6.45) is 1.45. The highest BCUT2D eigenvalue weighted by Gasteiger charge is 2.40. The second-order valence-electron chi connectivity index (χ2n) is 6.28. The molecule has 4 nitrogen and oxygen atoms in total. The Bertz CT molecular complexity index is 528. The summed E-state index contributed by atoms with van der Waals surface area (Å²) in [7, 11) is 0. The van der Waals surface area contributed by atoms with Gasteiger partial charge in [-0.1, -0.05) is 23.2 Å². The molecule has 1 aliphatic rings. The molecule has 1 fully saturated rings. The number of halogens is 2. The minimum atomic E-state index is -0.388. The highest BCUT2D eigenvalue weighted by atomic mass is 35.5. The van der Waals surface area contributed by atoms with Gasteiger partial charge in [-0.2, -0.15) is 0 Å². The minimum absolute atomic E-state index is 0.111. The predicted octanol–water partition coefficient (Wildman–Crippen LogP) is 3.42. The molecule has 0 bridgehead atoms. The summed E-state index contributed by atoms with van der Waals surface area (Å²) in [5.74, 6) is -0.111. The number of amides is 1. The first-order chi connectivity index (χ1) is 9.10. The van der Waals surface area contributed by atoms with Crippen LogP contribution in [0.1, 0.15) is 38.1 Å². The van der Waals surface area contributed by atoms with Crippen LogP contribution >= 0.6 is 23.2 Å². The number of rotatable bonds is 1. The van der Waals surface area contributed by atoms with Crippen molar-refractivity contribution < 1.29 is 9.53 Å². The number of aromatic nitrogens is 1. The van der Waals surface area contributed by atoms with Crippen molar-refractivity contribution in [3.05, 3.63) is 28.0 Å². The van der Waals surface area contributed by atoms with Crippen LogP contribution in [0.15, 0.2) is 12.3 Å². The van der Waals surface area contributed by atoms with Gasteiger partial charge in [-0.3, -0.25) is 4.79 Å². The predicted molar refractivity (Wildman–Crippen MR) is 79.4 cm³/mol. The molecular formula is C14H18Cl2N2O2. The molecule has 20 heavy (non-hydrogen) atoms. The number of hydrogen-bond acceptors (Lipinski definition) is 3. The van der Waals surface area contributed by atoms with Gasteiger partial charge in [0.1, 0.15) is 5.15 Å². The van der Waals surface area contributed by atoms with E-state index >= 15 is 0 Å². The van der Waals surface area contributed by atoms with E-state index in [1.54, 1.807) is 11.0 Å². The third-order valence-corrected chi connectivity index (χ3v) is 3.71. The van der Waals surface area contributed by atoms with Gasteiger partial charge in [-0.15, -0.1) is 0 Å². The minimum Gasteiger partial charge on any atom is -0.366 e. The Morgan fingerprint density at radius 2 is 1.80 bits per heavy atom. The maximum absolute atomic E-state index is 12.6. The fourth-order valence-corrected chi connectivity index (χ4v) is 2.92. The first-order valence-electron chi connectivity index (χ1n) is 6.40. The van der Waals surface area contributed by atoms with Gasteiger partial charge in [0.15, 0.2) is 0 Å². The van der Waals surface area contributed by atoms with Crippen LogP contribution in [0.4, 0.5) is 0 Å². The summed E-state index contributed by atoms with van der Waals surface area (Å²) < 4.78 is 5.96. The van der Waals surface area contributed by atoms with E-state index in [1.165, 1.54) is 6.20 Å². The summed E-state index contributed by atoms with van der Waals surface area (Å²) in [6, 6.07) is 1.55. The van der Waals surface area contributed by atoms with Gasteiger partial charge < -0.3 is 9.64 Å². The molecule has 0 aliphatic carbocycles. The second kappa shape index (κ2) is 5.17. The fraction of sp³-hybridized carbons (Fsp3) is 0.571. The van der Waals surface area contributed by atoms with Crippen molar-refractivity contribution in [2.24, 2.45) is 0 Å². The Morgan fingerprint density at radius 1 is 1.25 bits per heavy atom. The molecule has 1 aromatic rings. The average Bonchev–Trinajstić information content (AvgIpc) is 2.27. The number of nitrogens with zero attached hydrogens (tertiary/aromatic N) is 2. The van der Waals surface area contributed by atoms with E-state index in [0.717, 1.165) is 0 Å². The van der Waals surface area contributed by atoms with E-state index in [1.807, 2.05) is 27.7 Å². The Balaban J connectivity index is 2.26. The monoisotopic (exact) mass is 316 g/mol. The van der Waals surface area contributed by atoms with Crippen LogP contribution in [0.5, 0.6) is 0 Å². The molecule has 1 saturated heterocycles. The molecule has 0 atom stereocenters. The summed E-state index contributed by atoms with van der Waals surface area (Å²) in [5.41, 5.74) is -0.338. The zero-order valence-electron chi connectivity index (χ0n) is 12.0. The van der Waals surface area contributed by atoms with Gasteiger partial charge >= 0.3 is 0 Å². The van der Waals surface area contributed by atoms with Crippen LogP contribution in [-0.2, 0) is 4.74 Å². The van der Waals surface area contributed by atoms with Crippen molar-refractivity contribution in [1.82, 2.24) is 9.88 Å². The smallest absolute Gasteiger partial charge is 0.255 e. The molecule has 1 aliphatic heterocycles.